The number of methoxy groups -OCH3 is 2. The van der Waals surface area contributed by atoms with E-state index in [9.17, 15) is 0 Å². The van der Waals surface area contributed by atoms with Crippen LogP contribution in [0.2, 0.25) is 0 Å². The summed E-state index contributed by atoms with van der Waals surface area (Å²) in [4.78, 5) is 7.09. The number of nitrogens with one attached hydrogen (secondary N) is 1. The standard InChI is InChI=1S/C20H27N3O2/c1-24-19-8-7-16(14-20(19)25-2)18(15-17-6-3-4-10-22-17)23-12-5-9-21-11-13-23/h3-4,6-8,10,14,18,21H,5,9,11-13,15H2,1-2H3. The summed E-state index contributed by atoms with van der Waals surface area (Å²) in [6.07, 6.45) is 3.91. The minimum Gasteiger partial charge on any atom is -0.493 e. The van der Waals surface area contributed by atoms with Crippen molar-refractivity contribution in [2.24, 2.45) is 0 Å². The van der Waals surface area contributed by atoms with Gasteiger partial charge in [0, 0.05) is 44.0 Å². The maximum absolute atomic E-state index is 5.52. The van der Waals surface area contributed by atoms with Gasteiger partial charge in [0.25, 0.3) is 0 Å². The van der Waals surface area contributed by atoms with Crippen molar-refractivity contribution in [2.45, 2.75) is 18.9 Å². The lowest BCUT2D eigenvalue weighted by molar-refractivity contribution is 0.207. The van der Waals surface area contributed by atoms with E-state index >= 15 is 0 Å². The van der Waals surface area contributed by atoms with Crippen LogP contribution in [-0.4, -0.2) is 50.3 Å². The molecule has 5 nitrogen and oxygen atoms in total. The molecule has 3 rings (SSSR count). The van der Waals surface area contributed by atoms with E-state index < -0.39 is 0 Å². The molecule has 0 spiro atoms. The average molecular weight is 341 g/mol. The molecular weight excluding hydrogens is 314 g/mol. The van der Waals surface area contributed by atoms with Crippen LogP contribution in [0.15, 0.2) is 42.6 Å². The van der Waals surface area contributed by atoms with Crippen molar-refractivity contribution in [2.75, 3.05) is 40.4 Å². The second-order valence-corrected chi connectivity index (χ2v) is 6.29. The van der Waals surface area contributed by atoms with Gasteiger partial charge in [-0.25, -0.2) is 0 Å². The van der Waals surface area contributed by atoms with Crippen LogP contribution in [0.4, 0.5) is 0 Å². The number of nitrogens with zero attached hydrogens (tertiary/aromatic N) is 2. The number of benzene rings is 1. The van der Waals surface area contributed by atoms with Crippen LogP contribution >= 0.6 is 0 Å². The second-order valence-electron chi connectivity index (χ2n) is 6.29. The first-order valence-corrected chi connectivity index (χ1v) is 8.88. The van der Waals surface area contributed by atoms with Crippen LogP contribution in [-0.2, 0) is 6.42 Å². The Balaban J connectivity index is 1.92. The Morgan fingerprint density at radius 3 is 2.72 bits per heavy atom. The smallest absolute Gasteiger partial charge is 0.161 e. The SMILES string of the molecule is COc1ccc(C(Cc2ccccn2)N2CCCNCC2)cc1OC. The fourth-order valence-corrected chi connectivity index (χ4v) is 3.41. The van der Waals surface area contributed by atoms with Gasteiger partial charge >= 0.3 is 0 Å². The normalized spacial score (nSPS) is 16.9. The lowest BCUT2D eigenvalue weighted by atomic mass is 9.99. The summed E-state index contributed by atoms with van der Waals surface area (Å²) in [7, 11) is 3.36. The molecule has 1 aliphatic heterocycles. The summed E-state index contributed by atoms with van der Waals surface area (Å²) in [5, 5.41) is 3.49. The van der Waals surface area contributed by atoms with E-state index in [0.717, 1.165) is 56.2 Å². The molecule has 2 heterocycles. The summed E-state index contributed by atoms with van der Waals surface area (Å²) >= 11 is 0. The van der Waals surface area contributed by atoms with E-state index in [1.165, 1.54) is 5.56 Å². The second kappa shape index (κ2) is 8.83. The summed E-state index contributed by atoms with van der Waals surface area (Å²) in [5.74, 6) is 1.54. The Morgan fingerprint density at radius 2 is 1.96 bits per heavy atom. The van der Waals surface area contributed by atoms with Gasteiger partial charge < -0.3 is 14.8 Å². The third-order valence-corrected chi connectivity index (χ3v) is 4.74. The monoisotopic (exact) mass is 341 g/mol. The molecule has 0 saturated carbocycles. The van der Waals surface area contributed by atoms with Crippen molar-refractivity contribution in [3.8, 4) is 11.5 Å². The Hall–Kier alpha value is -2.11. The van der Waals surface area contributed by atoms with Crippen molar-refractivity contribution in [1.29, 1.82) is 0 Å². The third kappa shape index (κ3) is 4.50. The lowest BCUT2D eigenvalue weighted by Crippen LogP contribution is -2.33. The molecule has 1 N–H and O–H groups in total. The molecule has 0 radical (unpaired) electrons. The van der Waals surface area contributed by atoms with Crippen LogP contribution < -0.4 is 14.8 Å². The van der Waals surface area contributed by atoms with Crippen molar-refractivity contribution in [1.82, 2.24) is 15.2 Å². The first kappa shape index (κ1) is 17.7. The Kier molecular flexibility index (Phi) is 6.25. The highest BCUT2D eigenvalue weighted by atomic mass is 16.5. The molecule has 1 saturated heterocycles. The minimum absolute atomic E-state index is 0.273. The van der Waals surface area contributed by atoms with E-state index in [1.807, 2.05) is 18.3 Å². The fraction of sp³-hybridized carbons (Fsp3) is 0.450. The number of pyridine rings is 1. The van der Waals surface area contributed by atoms with Gasteiger partial charge in [-0.05, 0) is 42.8 Å². The van der Waals surface area contributed by atoms with Gasteiger partial charge in [0.05, 0.1) is 14.2 Å². The third-order valence-electron chi connectivity index (χ3n) is 4.74. The maximum Gasteiger partial charge on any atom is 0.161 e. The summed E-state index contributed by atoms with van der Waals surface area (Å²) in [5.41, 5.74) is 2.35. The van der Waals surface area contributed by atoms with Gasteiger partial charge in [0.1, 0.15) is 0 Å². The van der Waals surface area contributed by atoms with E-state index in [4.69, 9.17) is 9.47 Å². The Labute approximate surface area is 150 Å². The molecule has 1 aromatic carbocycles. The van der Waals surface area contributed by atoms with Gasteiger partial charge in [0.2, 0.25) is 0 Å². The van der Waals surface area contributed by atoms with Gasteiger partial charge in [-0.1, -0.05) is 12.1 Å². The van der Waals surface area contributed by atoms with Crippen molar-refractivity contribution >= 4 is 0 Å². The molecular formula is C20H27N3O2. The van der Waals surface area contributed by atoms with Crippen molar-refractivity contribution < 1.29 is 9.47 Å². The van der Waals surface area contributed by atoms with Crippen LogP contribution in [0, 0.1) is 0 Å². The lowest BCUT2D eigenvalue weighted by Gasteiger charge is -2.31. The predicted octanol–water partition coefficient (Wildman–Crippen LogP) is 2.68. The molecule has 0 amide bonds. The molecule has 25 heavy (non-hydrogen) atoms. The summed E-state index contributed by atoms with van der Waals surface area (Å²) in [6, 6.07) is 12.6. The van der Waals surface area contributed by atoms with Crippen LogP contribution in [0.1, 0.15) is 23.7 Å². The van der Waals surface area contributed by atoms with Crippen molar-refractivity contribution in [3.63, 3.8) is 0 Å². The summed E-state index contributed by atoms with van der Waals surface area (Å²) < 4.78 is 10.9. The highest BCUT2D eigenvalue weighted by molar-refractivity contribution is 5.44. The highest BCUT2D eigenvalue weighted by Gasteiger charge is 2.23. The molecule has 1 fully saturated rings. The predicted molar refractivity (Wildman–Crippen MR) is 99.3 cm³/mol. The average Bonchev–Trinajstić information content (AvgIpc) is 2.95. The molecule has 0 aliphatic carbocycles. The summed E-state index contributed by atoms with van der Waals surface area (Å²) in [6.45, 7) is 4.22. The molecule has 1 unspecified atom stereocenters. The molecule has 5 heteroatoms. The van der Waals surface area contributed by atoms with Crippen LogP contribution in [0.25, 0.3) is 0 Å². The molecule has 1 aromatic heterocycles. The zero-order valence-electron chi connectivity index (χ0n) is 15.1. The van der Waals surface area contributed by atoms with Gasteiger partial charge in [-0.2, -0.15) is 0 Å². The van der Waals surface area contributed by atoms with Gasteiger partial charge in [0.15, 0.2) is 11.5 Å². The van der Waals surface area contributed by atoms with E-state index in [1.54, 1.807) is 14.2 Å². The largest absolute Gasteiger partial charge is 0.493 e. The van der Waals surface area contributed by atoms with Gasteiger partial charge in [-0.3, -0.25) is 9.88 Å². The molecule has 2 aromatic rings. The molecule has 1 atom stereocenters. The van der Waals surface area contributed by atoms with Gasteiger partial charge in [-0.15, -0.1) is 0 Å². The van der Waals surface area contributed by atoms with Crippen LogP contribution in [0.3, 0.4) is 0 Å². The first-order chi connectivity index (χ1) is 12.3. The zero-order valence-corrected chi connectivity index (χ0v) is 15.1. The van der Waals surface area contributed by atoms with Crippen molar-refractivity contribution in [3.05, 3.63) is 53.9 Å². The maximum atomic E-state index is 5.52. The number of ether oxygens (including phenoxy) is 2. The first-order valence-electron chi connectivity index (χ1n) is 8.88. The zero-order chi connectivity index (χ0) is 17.5. The molecule has 134 valence electrons. The van der Waals surface area contributed by atoms with Crippen LogP contribution in [0.5, 0.6) is 11.5 Å². The fourth-order valence-electron chi connectivity index (χ4n) is 3.41. The highest BCUT2D eigenvalue weighted by Crippen LogP contribution is 2.33. The number of hydrogen-bond acceptors (Lipinski definition) is 5. The number of aromatic nitrogens is 1. The minimum atomic E-state index is 0.273. The van der Waals surface area contributed by atoms with E-state index in [0.29, 0.717) is 0 Å². The molecule has 1 aliphatic rings. The van der Waals surface area contributed by atoms with E-state index in [-0.39, 0.29) is 6.04 Å². The number of hydrogen-bond donors (Lipinski definition) is 1. The Morgan fingerprint density at radius 1 is 1.08 bits per heavy atom. The quantitative estimate of drug-likeness (QED) is 0.875. The number of rotatable bonds is 6. The Bertz CT molecular complexity index is 655. The van der Waals surface area contributed by atoms with E-state index in [2.05, 4.69) is 39.5 Å². The topological polar surface area (TPSA) is 46.6 Å². The molecule has 0 bridgehead atoms.